The van der Waals surface area contributed by atoms with Crippen LogP contribution in [0.25, 0.3) is 0 Å². The molecular weight excluding hydrogens is 314 g/mol. The molecule has 1 nitrogen and oxygen atoms in total. The Morgan fingerprint density at radius 3 is 2.65 bits per heavy atom. The highest BCUT2D eigenvalue weighted by molar-refractivity contribution is 9.10. The fourth-order valence-electron chi connectivity index (χ4n) is 1.93. The van der Waals surface area contributed by atoms with Gasteiger partial charge in [-0.2, -0.15) is 0 Å². The van der Waals surface area contributed by atoms with Crippen LogP contribution in [-0.2, 0) is 12.8 Å². The van der Waals surface area contributed by atoms with E-state index in [1.807, 2.05) is 29.7 Å². The molecule has 0 aliphatic heterocycles. The van der Waals surface area contributed by atoms with Crippen LogP contribution < -0.4 is 5.32 Å². The molecule has 92 valence electrons. The van der Waals surface area contributed by atoms with Crippen molar-refractivity contribution in [3.8, 4) is 0 Å². The highest BCUT2D eigenvalue weighted by Gasteiger charge is 2.16. The number of halogens is 1. The molecule has 0 spiro atoms. The van der Waals surface area contributed by atoms with Gasteiger partial charge in [0.2, 0.25) is 0 Å². The maximum atomic E-state index is 3.61. The van der Waals surface area contributed by atoms with Gasteiger partial charge in [-0.15, -0.1) is 22.7 Å². The highest BCUT2D eigenvalue weighted by Crippen LogP contribution is 2.32. The van der Waals surface area contributed by atoms with E-state index in [0.29, 0.717) is 6.04 Å². The summed E-state index contributed by atoms with van der Waals surface area (Å²) in [6.45, 7) is 2.22. The van der Waals surface area contributed by atoms with E-state index in [9.17, 15) is 0 Å². The SMILES string of the molecule is CCc1ccsc1C(Cc1sccc1Br)NC. The van der Waals surface area contributed by atoms with Gasteiger partial charge in [0.1, 0.15) is 0 Å². The highest BCUT2D eigenvalue weighted by atomic mass is 79.9. The lowest BCUT2D eigenvalue weighted by Gasteiger charge is -2.16. The zero-order valence-electron chi connectivity index (χ0n) is 10.00. The molecule has 0 aromatic carbocycles. The van der Waals surface area contributed by atoms with Crippen LogP contribution in [0.1, 0.15) is 28.3 Å². The quantitative estimate of drug-likeness (QED) is 0.842. The Hall–Kier alpha value is -0.160. The number of thiophene rings is 2. The Labute approximate surface area is 119 Å². The molecule has 1 atom stereocenters. The number of hydrogen-bond acceptors (Lipinski definition) is 3. The second kappa shape index (κ2) is 6.14. The third-order valence-corrected chi connectivity index (χ3v) is 5.93. The molecule has 2 rings (SSSR count). The van der Waals surface area contributed by atoms with E-state index < -0.39 is 0 Å². The van der Waals surface area contributed by atoms with Crippen molar-refractivity contribution < 1.29 is 0 Å². The van der Waals surface area contributed by atoms with Crippen LogP contribution in [0.2, 0.25) is 0 Å². The summed E-state index contributed by atoms with van der Waals surface area (Å²) >= 11 is 7.29. The van der Waals surface area contributed by atoms with Crippen molar-refractivity contribution in [3.63, 3.8) is 0 Å². The third kappa shape index (κ3) is 2.99. The molecule has 0 bridgehead atoms. The molecule has 0 saturated carbocycles. The Bertz CT molecular complexity index is 475. The van der Waals surface area contributed by atoms with Crippen LogP contribution in [0, 0.1) is 0 Å². The van der Waals surface area contributed by atoms with Gasteiger partial charge in [-0.05, 0) is 57.9 Å². The minimum atomic E-state index is 0.430. The second-order valence-electron chi connectivity index (χ2n) is 3.90. The van der Waals surface area contributed by atoms with Gasteiger partial charge in [0.05, 0.1) is 0 Å². The van der Waals surface area contributed by atoms with Gasteiger partial charge < -0.3 is 5.32 Å². The van der Waals surface area contributed by atoms with Crippen molar-refractivity contribution >= 4 is 38.6 Å². The summed E-state index contributed by atoms with van der Waals surface area (Å²) in [5.41, 5.74) is 1.47. The van der Waals surface area contributed by atoms with Gasteiger partial charge in [-0.25, -0.2) is 0 Å². The topological polar surface area (TPSA) is 12.0 Å². The summed E-state index contributed by atoms with van der Waals surface area (Å²) in [5, 5.41) is 7.78. The normalized spacial score (nSPS) is 12.9. The average Bonchev–Trinajstić information content (AvgIpc) is 2.95. The fraction of sp³-hybridized carbons (Fsp3) is 0.385. The Morgan fingerprint density at radius 2 is 2.06 bits per heavy atom. The summed E-state index contributed by atoms with van der Waals surface area (Å²) in [7, 11) is 2.05. The summed E-state index contributed by atoms with van der Waals surface area (Å²) in [6.07, 6.45) is 2.17. The lowest BCUT2D eigenvalue weighted by Crippen LogP contribution is -2.18. The first-order valence-corrected chi connectivity index (χ1v) is 8.26. The maximum Gasteiger partial charge on any atom is 0.0464 e. The van der Waals surface area contributed by atoms with Crippen molar-refractivity contribution in [2.45, 2.75) is 25.8 Å². The maximum absolute atomic E-state index is 3.61. The number of likely N-dealkylation sites (N-methyl/N-ethyl adjacent to an activating group) is 1. The molecule has 2 aromatic heterocycles. The van der Waals surface area contributed by atoms with Crippen LogP contribution in [0.4, 0.5) is 0 Å². The van der Waals surface area contributed by atoms with Crippen LogP contribution >= 0.6 is 38.6 Å². The molecule has 0 radical (unpaired) electrons. The molecular formula is C13H16BrNS2. The van der Waals surface area contributed by atoms with E-state index in [0.717, 1.165) is 12.8 Å². The average molecular weight is 330 g/mol. The molecule has 0 amide bonds. The first kappa shape index (κ1) is 13.3. The van der Waals surface area contributed by atoms with E-state index in [1.54, 1.807) is 0 Å². The fourth-order valence-corrected chi connectivity index (χ4v) is 4.60. The summed E-state index contributed by atoms with van der Waals surface area (Å²) in [5.74, 6) is 0. The molecule has 1 unspecified atom stereocenters. The Balaban J connectivity index is 2.20. The largest absolute Gasteiger partial charge is 0.312 e. The molecule has 0 aliphatic rings. The van der Waals surface area contributed by atoms with Crippen LogP contribution in [-0.4, -0.2) is 7.05 Å². The lowest BCUT2D eigenvalue weighted by atomic mass is 10.1. The minimum Gasteiger partial charge on any atom is -0.312 e. The van der Waals surface area contributed by atoms with Gasteiger partial charge in [0, 0.05) is 26.7 Å². The second-order valence-corrected chi connectivity index (χ2v) is 6.70. The standard InChI is InChI=1S/C13H16BrNS2/c1-3-9-4-6-17-13(9)11(15-2)8-12-10(14)5-7-16-12/h4-7,11,15H,3,8H2,1-2H3. The predicted octanol–water partition coefficient (Wildman–Crippen LogP) is 4.64. The van der Waals surface area contributed by atoms with E-state index in [4.69, 9.17) is 0 Å². The van der Waals surface area contributed by atoms with Crippen LogP contribution in [0.5, 0.6) is 0 Å². The van der Waals surface area contributed by atoms with E-state index >= 15 is 0 Å². The molecule has 1 N–H and O–H groups in total. The molecule has 4 heteroatoms. The van der Waals surface area contributed by atoms with Crippen molar-refractivity contribution in [1.29, 1.82) is 0 Å². The van der Waals surface area contributed by atoms with Crippen molar-refractivity contribution in [1.82, 2.24) is 5.32 Å². The summed E-state index contributed by atoms with van der Waals surface area (Å²) in [4.78, 5) is 2.90. The van der Waals surface area contributed by atoms with Crippen molar-refractivity contribution in [3.05, 3.63) is 42.7 Å². The molecule has 2 heterocycles. The summed E-state index contributed by atoms with van der Waals surface area (Å²) in [6, 6.07) is 4.80. The van der Waals surface area contributed by atoms with Gasteiger partial charge >= 0.3 is 0 Å². The smallest absolute Gasteiger partial charge is 0.0464 e. The molecule has 0 saturated heterocycles. The van der Waals surface area contributed by atoms with Gasteiger partial charge in [0.15, 0.2) is 0 Å². The monoisotopic (exact) mass is 329 g/mol. The number of hydrogen-bond donors (Lipinski definition) is 1. The summed E-state index contributed by atoms with van der Waals surface area (Å²) < 4.78 is 1.23. The Morgan fingerprint density at radius 1 is 1.29 bits per heavy atom. The minimum absolute atomic E-state index is 0.430. The first-order chi connectivity index (χ1) is 8.26. The predicted molar refractivity (Wildman–Crippen MR) is 81.2 cm³/mol. The van der Waals surface area contributed by atoms with E-state index in [-0.39, 0.29) is 0 Å². The zero-order valence-corrected chi connectivity index (χ0v) is 13.2. The third-order valence-electron chi connectivity index (χ3n) is 2.91. The number of rotatable bonds is 5. The van der Waals surface area contributed by atoms with E-state index in [1.165, 1.54) is 19.8 Å². The van der Waals surface area contributed by atoms with Crippen molar-refractivity contribution in [2.75, 3.05) is 7.05 Å². The number of aryl methyl sites for hydroxylation is 1. The van der Waals surface area contributed by atoms with Crippen LogP contribution in [0.3, 0.4) is 0 Å². The Kier molecular flexibility index (Phi) is 4.79. The van der Waals surface area contributed by atoms with Gasteiger partial charge in [-0.3, -0.25) is 0 Å². The molecule has 17 heavy (non-hydrogen) atoms. The lowest BCUT2D eigenvalue weighted by molar-refractivity contribution is 0.601. The van der Waals surface area contributed by atoms with Crippen LogP contribution in [0.15, 0.2) is 27.4 Å². The molecule has 0 aliphatic carbocycles. The first-order valence-electron chi connectivity index (χ1n) is 5.71. The van der Waals surface area contributed by atoms with Crippen molar-refractivity contribution in [2.24, 2.45) is 0 Å². The zero-order chi connectivity index (χ0) is 12.3. The molecule has 0 fully saturated rings. The number of nitrogens with one attached hydrogen (secondary N) is 1. The molecule has 2 aromatic rings. The van der Waals surface area contributed by atoms with Gasteiger partial charge in [0.25, 0.3) is 0 Å². The van der Waals surface area contributed by atoms with Gasteiger partial charge in [-0.1, -0.05) is 6.92 Å². The van der Waals surface area contributed by atoms with E-state index in [2.05, 4.69) is 51.1 Å².